The summed E-state index contributed by atoms with van der Waals surface area (Å²) in [7, 11) is 6.42. The highest BCUT2D eigenvalue weighted by Gasteiger charge is 2.29. The molecule has 0 saturated carbocycles. The highest BCUT2D eigenvalue weighted by Crippen LogP contribution is 2.51. The molecule has 12 nitrogen and oxygen atoms in total. The molecular weight excluding hydrogens is 1750 g/mol. The normalized spacial score (nSPS) is 11.9. The maximum atomic E-state index is 13.1. The van der Waals surface area contributed by atoms with Gasteiger partial charge in [-0.1, -0.05) is 315 Å². The van der Waals surface area contributed by atoms with Gasteiger partial charge in [0.15, 0.2) is 23.1 Å². The number of benzene rings is 21. The van der Waals surface area contributed by atoms with E-state index in [2.05, 4.69) is 353 Å². The Morgan fingerprint density at radius 1 is 0.190 bits per heavy atom. The monoisotopic (exact) mass is 1850 g/mol. The Balaban J connectivity index is 0.000000125. The number of anilines is 12. The SMILES string of the molecule is CO/C(C)=C(\C(C)=O)c1c2ccccc2c(N(c2ccccc2)c2ccc3ccccc3c2)c2ccccc12.CO/C(C)=C(\C(C)=O)c1ccc(N(c2ccccc2)c2ccc3ccccc3c2)c2ccccc12.CO/C(C)=C(\C(C)=O)c1ccc(N(c2ccccc2)c2ccc3ccccc3c2)cc1.CO/C(C)=C(\C(C)=O)c1ccc2ccc3c(N(c4ccccc4)c4ccccc4)ccc4ccc1c2c43. The molecule has 21 aromatic rings. The minimum absolute atomic E-state index is 0.00518. The number of methoxy groups -OCH3 is 4. The zero-order valence-corrected chi connectivity index (χ0v) is 81.6. The van der Waals surface area contributed by atoms with Crippen LogP contribution in [0.4, 0.5) is 68.2 Å². The van der Waals surface area contributed by atoms with Gasteiger partial charge in [0.1, 0.15) is 23.0 Å². The molecule has 696 valence electrons. The Bertz CT molecular complexity index is 8350. The number of rotatable bonds is 24. The van der Waals surface area contributed by atoms with Crippen LogP contribution in [0.5, 0.6) is 0 Å². The fourth-order valence-electron chi connectivity index (χ4n) is 19.7. The summed E-state index contributed by atoms with van der Waals surface area (Å²) in [6.07, 6.45) is 0. The lowest BCUT2D eigenvalue weighted by Crippen LogP contribution is -2.12. The molecular formula is C130H108N4O8. The first-order chi connectivity index (χ1) is 69.3. The topological polar surface area (TPSA) is 118 Å². The molecule has 0 N–H and O–H groups in total. The maximum absolute atomic E-state index is 13.1. The second kappa shape index (κ2) is 42.5. The molecule has 142 heavy (non-hydrogen) atoms. The fourth-order valence-corrected chi connectivity index (χ4v) is 19.7. The van der Waals surface area contributed by atoms with Gasteiger partial charge in [0.25, 0.3) is 0 Å². The molecule has 21 aromatic carbocycles. The van der Waals surface area contributed by atoms with Gasteiger partial charge in [-0.15, -0.1) is 0 Å². The summed E-state index contributed by atoms with van der Waals surface area (Å²) in [5.41, 5.74) is 18.8. The summed E-state index contributed by atoms with van der Waals surface area (Å²) in [5.74, 6) is 2.42. The van der Waals surface area contributed by atoms with Crippen molar-refractivity contribution in [2.24, 2.45) is 0 Å². The summed E-state index contributed by atoms with van der Waals surface area (Å²) in [4.78, 5) is 59.7. The van der Waals surface area contributed by atoms with Gasteiger partial charge in [0.2, 0.25) is 0 Å². The smallest absolute Gasteiger partial charge is 0.163 e. The molecule has 0 saturated heterocycles. The number of carbonyl (C=O) groups is 4. The molecule has 0 spiro atoms. The molecule has 0 aliphatic heterocycles. The Morgan fingerprint density at radius 2 is 0.458 bits per heavy atom. The minimum atomic E-state index is -0.0214. The number of para-hydroxylation sites is 5. The van der Waals surface area contributed by atoms with Crippen molar-refractivity contribution < 1.29 is 38.1 Å². The molecule has 0 amide bonds. The third-order valence-electron chi connectivity index (χ3n) is 26.4. The molecule has 12 heteroatoms. The van der Waals surface area contributed by atoms with Crippen LogP contribution in [0.1, 0.15) is 77.6 Å². The van der Waals surface area contributed by atoms with Crippen LogP contribution in [0, 0.1) is 0 Å². The summed E-state index contributed by atoms with van der Waals surface area (Å²) in [6.45, 7) is 13.7. The van der Waals surface area contributed by atoms with Crippen molar-refractivity contribution in [1.82, 2.24) is 0 Å². The van der Waals surface area contributed by atoms with Crippen molar-refractivity contribution in [3.63, 3.8) is 0 Å². The second-order valence-corrected chi connectivity index (χ2v) is 35.0. The van der Waals surface area contributed by atoms with Gasteiger partial charge in [0, 0.05) is 78.3 Å². The zero-order chi connectivity index (χ0) is 98.6. The molecule has 0 radical (unpaired) electrons. The molecule has 0 fully saturated rings. The van der Waals surface area contributed by atoms with E-state index in [1.54, 1.807) is 56.1 Å². The van der Waals surface area contributed by atoms with E-state index in [0.29, 0.717) is 45.3 Å². The third kappa shape index (κ3) is 19.2. The van der Waals surface area contributed by atoms with E-state index in [4.69, 9.17) is 18.9 Å². The highest BCUT2D eigenvalue weighted by atomic mass is 16.5. The summed E-state index contributed by atoms with van der Waals surface area (Å²) < 4.78 is 22.0. The van der Waals surface area contributed by atoms with Gasteiger partial charge in [-0.2, -0.15) is 0 Å². The number of fused-ring (bicyclic) bond motifs is 6. The van der Waals surface area contributed by atoms with E-state index < -0.39 is 0 Å². The predicted molar refractivity (Wildman–Crippen MR) is 594 cm³/mol. The number of nitrogens with zero attached hydrogens (tertiary/aromatic N) is 4. The van der Waals surface area contributed by atoms with Crippen molar-refractivity contribution in [1.29, 1.82) is 0 Å². The Kier molecular flexibility index (Phi) is 28.3. The van der Waals surface area contributed by atoms with E-state index in [1.807, 2.05) is 131 Å². The van der Waals surface area contributed by atoms with Crippen LogP contribution in [-0.2, 0) is 38.1 Å². The van der Waals surface area contributed by atoms with Crippen molar-refractivity contribution in [3.8, 4) is 0 Å². The van der Waals surface area contributed by atoms with E-state index in [-0.39, 0.29) is 23.1 Å². The lowest BCUT2D eigenvalue weighted by atomic mass is 9.88. The summed E-state index contributed by atoms with van der Waals surface area (Å²) in [6, 6.07) is 151. The van der Waals surface area contributed by atoms with Crippen LogP contribution in [0.2, 0.25) is 0 Å². The molecule has 0 aliphatic rings. The number of carbonyl (C=O) groups excluding carboxylic acids is 4. The molecule has 0 atom stereocenters. The van der Waals surface area contributed by atoms with E-state index in [1.165, 1.54) is 43.1 Å². The van der Waals surface area contributed by atoms with Gasteiger partial charge in [-0.05, 0) is 269 Å². The minimum Gasteiger partial charge on any atom is -0.501 e. The van der Waals surface area contributed by atoms with Gasteiger partial charge in [-0.3, -0.25) is 19.2 Å². The van der Waals surface area contributed by atoms with Crippen molar-refractivity contribution >= 4 is 211 Å². The van der Waals surface area contributed by atoms with Gasteiger partial charge >= 0.3 is 0 Å². The quantitative estimate of drug-likeness (QED) is 0.0248. The lowest BCUT2D eigenvalue weighted by Gasteiger charge is -2.30. The highest BCUT2D eigenvalue weighted by molar-refractivity contribution is 6.33. The van der Waals surface area contributed by atoms with Crippen LogP contribution in [0.15, 0.2) is 460 Å². The van der Waals surface area contributed by atoms with Crippen LogP contribution in [-0.4, -0.2) is 51.6 Å². The molecule has 0 bridgehead atoms. The average molecular weight is 1850 g/mol. The van der Waals surface area contributed by atoms with Crippen LogP contribution in [0.25, 0.3) is 119 Å². The largest absolute Gasteiger partial charge is 0.501 e. The van der Waals surface area contributed by atoms with Gasteiger partial charge < -0.3 is 38.5 Å². The number of ketones is 4. The van der Waals surface area contributed by atoms with Gasteiger partial charge in [0.05, 0.1) is 67.8 Å². The summed E-state index contributed by atoms with van der Waals surface area (Å²) in [5, 5.41) is 20.3. The molecule has 0 aliphatic carbocycles. The predicted octanol–water partition coefficient (Wildman–Crippen LogP) is 34.3. The molecule has 0 unspecified atom stereocenters. The van der Waals surface area contributed by atoms with Gasteiger partial charge in [-0.25, -0.2) is 0 Å². The van der Waals surface area contributed by atoms with Crippen molar-refractivity contribution in [3.05, 3.63) is 482 Å². The zero-order valence-electron chi connectivity index (χ0n) is 81.6. The molecule has 21 rings (SSSR count). The standard InChI is InChI=1S/C36H29NO2.C34H27NO2.C32H27NO2.C28H25NO2/c1-24(38)34(25(2)39-3)35-30-17-9-11-19-32(30)36(33-20-12-10-18-31(33)35)37(28-15-5-4-6-16-28)29-22-21-26-13-7-8-14-27(26)23-29;1-22(36)32(23(2)37-3)28-18-14-24-16-20-30-31(21-17-25-15-19-29(28)33(24)34(25)30)35(26-10-6-4-7-11-26)27-12-8-5-9-13-27;1-22(34)32(23(2)35-3)30-19-20-31(29-16-10-9-15-28(29)30)33(26-13-5-4-6-14-26)27-18-17-24-11-7-8-12-25(24)21-27;1-20(30)28(21(2)31-3)23-14-16-26(17-15-23)29(25-11-5-4-6-12-25)27-18-13-22-9-7-8-10-24(22)19-27/h4-23H,1-3H3;4-21H,1-3H3;4-21H,1-3H3;4-19H,1-3H3/b34-25+;2*32-23+;28-21+. The van der Waals surface area contributed by atoms with E-state index >= 15 is 0 Å². The summed E-state index contributed by atoms with van der Waals surface area (Å²) >= 11 is 0. The van der Waals surface area contributed by atoms with Crippen LogP contribution >= 0.6 is 0 Å². The average Bonchev–Trinajstić information content (AvgIpc) is 0.722. The van der Waals surface area contributed by atoms with Crippen LogP contribution < -0.4 is 19.6 Å². The number of allylic oxidation sites excluding steroid dienone is 8. The Hall–Kier alpha value is -17.7. The van der Waals surface area contributed by atoms with E-state index in [0.717, 1.165) is 144 Å². The maximum Gasteiger partial charge on any atom is 0.163 e. The van der Waals surface area contributed by atoms with Crippen molar-refractivity contribution in [2.45, 2.75) is 55.4 Å². The Morgan fingerprint density at radius 3 is 0.880 bits per heavy atom. The molecule has 0 aromatic heterocycles. The number of hydrogen-bond donors (Lipinski definition) is 0. The third-order valence-corrected chi connectivity index (χ3v) is 26.4. The molecule has 0 heterocycles. The van der Waals surface area contributed by atoms with E-state index in [9.17, 15) is 19.2 Å². The van der Waals surface area contributed by atoms with Crippen LogP contribution in [0.3, 0.4) is 0 Å². The number of Topliss-reactive ketones (excluding diaryl/α,β-unsaturated/α-hetero) is 4. The number of ether oxygens (including phenoxy) is 4. The first-order valence-corrected chi connectivity index (χ1v) is 47.6. The first kappa shape index (κ1) is 94.6. The second-order valence-electron chi connectivity index (χ2n) is 35.0. The fraction of sp³-hybridized carbons (Fsp3) is 0.0923. The first-order valence-electron chi connectivity index (χ1n) is 47.6. The Labute approximate surface area is 828 Å². The lowest BCUT2D eigenvalue weighted by molar-refractivity contribution is -0.112. The number of hydrogen-bond acceptors (Lipinski definition) is 12. The van der Waals surface area contributed by atoms with Crippen molar-refractivity contribution in [2.75, 3.05) is 48.0 Å².